The standard InChI is InChI=1S/C7H6AsF4N/c1-8(2)3-4(9)6(11)13-7(12)5(3)10/h1-2H3. The molecule has 0 unspecified atom stereocenters. The molecule has 1 heterocycles. The van der Waals surface area contributed by atoms with Gasteiger partial charge >= 0.3 is 76.5 Å². The summed E-state index contributed by atoms with van der Waals surface area (Å²) in [5.41, 5.74) is 3.15. The van der Waals surface area contributed by atoms with Gasteiger partial charge in [0.2, 0.25) is 0 Å². The Kier molecular flexibility index (Phi) is 2.96. The first-order chi connectivity index (χ1) is 5.95. The second kappa shape index (κ2) is 3.66. The van der Waals surface area contributed by atoms with Crippen molar-refractivity contribution in [1.82, 2.24) is 4.98 Å². The minimum absolute atomic E-state index is 0.461. The van der Waals surface area contributed by atoms with Crippen LogP contribution in [0.15, 0.2) is 0 Å². The van der Waals surface area contributed by atoms with Gasteiger partial charge in [-0.05, 0) is 0 Å². The molecule has 0 saturated heterocycles. The van der Waals surface area contributed by atoms with Crippen LogP contribution in [0.4, 0.5) is 17.6 Å². The van der Waals surface area contributed by atoms with Crippen LogP contribution in [0, 0.1) is 23.5 Å². The Morgan fingerprint density at radius 3 is 1.62 bits per heavy atom. The number of aromatic nitrogens is 1. The van der Waals surface area contributed by atoms with E-state index in [0.29, 0.717) is 0 Å². The Hall–Kier alpha value is -0.572. The monoisotopic (exact) mass is 255 g/mol. The Morgan fingerprint density at radius 2 is 1.31 bits per heavy atom. The molecule has 1 nitrogen and oxygen atoms in total. The molecule has 1 rings (SSSR count). The molecule has 0 aliphatic carbocycles. The molecular formula is C7H6AsF4N. The molecule has 0 N–H and O–H groups in total. The fourth-order valence-electron chi connectivity index (χ4n) is 0.869. The summed E-state index contributed by atoms with van der Waals surface area (Å²) in [6.45, 7) is 0. The second-order valence-corrected chi connectivity index (χ2v) is 7.26. The number of nitrogens with zero attached hydrogens (tertiary/aromatic N) is 1. The molecule has 0 aromatic carbocycles. The van der Waals surface area contributed by atoms with E-state index in [0.717, 1.165) is 0 Å². The van der Waals surface area contributed by atoms with Crippen molar-refractivity contribution in [3.63, 3.8) is 0 Å². The summed E-state index contributed by atoms with van der Waals surface area (Å²) in [6.07, 6.45) is 0. The Balaban J connectivity index is 3.46. The maximum atomic E-state index is 12.9. The summed E-state index contributed by atoms with van der Waals surface area (Å²) in [4.78, 5) is 2.46. The van der Waals surface area contributed by atoms with Crippen LogP contribution in [0.25, 0.3) is 0 Å². The van der Waals surface area contributed by atoms with Crippen LogP contribution in [0.1, 0.15) is 0 Å². The summed E-state index contributed by atoms with van der Waals surface area (Å²) >= 11 is -2.00. The topological polar surface area (TPSA) is 12.9 Å². The zero-order valence-corrected chi connectivity index (χ0v) is 8.78. The minimum atomic E-state index is -2.00. The van der Waals surface area contributed by atoms with Crippen molar-refractivity contribution < 1.29 is 17.6 Å². The van der Waals surface area contributed by atoms with E-state index in [1.54, 1.807) is 11.4 Å². The zero-order valence-electron chi connectivity index (χ0n) is 6.91. The van der Waals surface area contributed by atoms with E-state index in [1.807, 2.05) is 0 Å². The van der Waals surface area contributed by atoms with Crippen molar-refractivity contribution in [3.05, 3.63) is 23.5 Å². The fraction of sp³-hybridized carbons (Fsp3) is 0.286. The predicted octanol–water partition coefficient (Wildman–Crippen LogP) is 1.60. The van der Waals surface area contributed by atoms with Gasteiger partial charge in [-0.1, -0.05) is 0 Å². The van der Waals surface area contributed by atoms with Crippen molar-refractivity contribution in [2.24, 2.45) is 0 Å². The normalized spacial score (nSPS) is 11.0. The first kappa shape index (κ1) is 10.5. The van der Waals surface area contributed by atoms with Crippen LogP contribution in [0.3, 0.4) is 0 Å². The van der Waals surface area contributed by atoms with E-state index in [2.05, 4.69) is 4.98 Å². The average molecular weight is 255 g/mol. The van der Waals surface area contributed by atoms with E-state index in [-0.39, 0.29) is 0 Å². The van der Waals surface area contributed by atoms with Crippen molar-refractivity contribution in [2.45, 2.75) is 11.4 Å². The van der Waals surface area contributed by atoms with E-state index in [1.165, 1.54) is 0 Å². The van der Waals surface area contributed by atoms with Crippen LogP contribution in [0.5, 0.6) is 0 Å². The molecule has 0 atom stereocenters. The van der Waals surface area contributed by atoms with E-state index >= 15 is 0 Å². The third-order valence-corrected chi connectivity index (χ3v) is 4.12. The number of rotatable bonds is 1. The fourth-order valence-corrected chi connectivity index (χ4v) is 2.90. The van der Waals surface area contributed by atoms with Gasteiger partial charge in [0.1, 0.15) is 0 Å². The van der Waals surface area contributed by atoms with Crippen LogP contribution >= 0.6 is 0 Å². The van der Waals surface area contributed by atoms with Gasteiger partial charge < -0.3 is 0 Å². The van der Waals surface area contributed by atoms with Gasteiger partial charge in [-0.2, -0.15) is 0 Å². The van der Waals surface area contributed by atoms with Crippen LogP contribution in [-0.2, 0) is 0 Å². The molecule has 0 fully saturated rings. The van der Waals surface area contributed by atoms with Gasteiger partial charge in [-0.3, -0.25) is 0 Å². The van der Waals surface area contributed by atoms with E-state index in [9.17, 15) is 17.6 Å². The molecule has 0 aliphatic heterocycles. The molecule has 6 heteroatoms. The average Bonchev–Trinajstić information content (AvgIpc) is 2.01. The molecule has 1 aromatic rings. The summed E-state index contributed by atoms with van der Waals surface area (Å²) in [6, 6.07) is 0. The molecule has 0 radical (unpaired) electrons. The summed E-state index contributed by atoms with van der Waals surface area (Å²) in [5.74, 6) is -5.86. The summed E-state index contributed by atoms with van der Waals surface area (Å²) in [7, 11) is 0. The molecule has 1 aromatic heterocycles. The van der Waals surface area contributed by atoms with Gasteiger partial charge in [-0.25, -0.2) is 0 Å². The van der Waals surface area contributed by atoms with Crippen LogP contribution in [0.2, 0.25) is 11.4 Å². The molecule has 0 amide bonds. The van der Waals surface area contributed by atoms with E-state index < -0.39 is 42.5 Å². The number of halogens is 4. The van der Waals surface area contributed by atoms with Gasteiger partial charge in [0, 0.05) is 0 Å². The molecule has 72 valence electrons. The first-order valence-corrected chi connectivity index (χ1v) is 8.01. The first-order valence-electron chi connectivity index (χ1n) is 3.32. The molecule has 0 spiro atoms. The van der Waals surface area contributed by atoms with Crippen LogP contribution in [-0.4, -0.2) is 19.6 Å². The zero-order chi connectivity index (χ0) is 10.2. The summed E-state index contributed by atoms with van der Waals surface area (Å²) < 4.78 is 50.3. The second-order valence-electron chi connectivity index (χ2n) is 2.56. The van der Waals surface area contributed by atoms with Crippen molar-refractivity contribution in [1.29, 1.82) is 0 Å². The quantitative estimate of drug-likeness (QED) is 0.422. The number of hydrogen-bond acceptors (Lipinski definition) is 1. The van der Waals surface area contributed by atoms with Crippen molar-refractivity contribution in [2.75, 3.05) is 0 Å². The molecular weight excluding hydrogens is 249 g/mol. The van der Waals surface area contributed by atoms with E-state index in [4.69, 9.17) is 0 Å². The third kappa shape index (κ3) is 1.85. The van der Waals surface area contributed by atoms with Crippen molar-refractivity contribution >= 4 is 19.0 Å². The van der Waals surface area contributed by atoms with Gasteiger partial charge in [0.05, 0.1) is 0 Å². The Morgan fingerprint density at radius 1 is 0.923 bits per heavy atom. The predicted molar refractivity (Wildman–Crippen MR) is 41.2 cm³/mol. The van der Waals surface area contributed by atoms with Gasteiger partial charge in [0.15, 0.2) is 0 Å². The number of hydrogen-bond donors (Lipinski definition) is 0. The van der Waals surface area contributed by atoms with Gasteiger partial charge in [0.25, 0.3) is 0 Å². The third-order valence-electron chi connectivity index (χ3n) is 1.42. The van der Waals surface area contributed by atoms with Gasteiger partial charge in [-0.15, -0.1) is 0 Å². The Labute approximate surface area is 77.0 Å². The summed E-state index contributed by atoms with van der Waals surface area (Å²) in [5, 5.41) is 0. The molecule has 0 aliphatic rings. The SMILES string of the molecule is C[As](C)c1c(F)c(F)nc(F)c1F. The maximum absolute atomic E-state index is 12.9. The van der Waals surface area contributed by atoms with Crippen LogP contribution < -0.4 is 4.35 Å². The molecule has 0 bridgehead atoms. The Bertz CT molecular complexity index is 314. The number of pyridine rings is 1. The van der Waals surface area contributed by atoms with Crippen molar-refractivity contribution in [3.8, 4) is 0 Å². The molecule has 0 saturated carbocycles. The molecule has 13 heavy (non-hydrogen) atoms.